The quantitative estimate of drug-likeness (QED) is 0.849. The van der Waals surface area contributed by atoms with Crippen molar-refractivity contribution in [3.05, 3.63) is 35.4 Å². The minimum atomic E-state index is -0.236. The zero-order valence-electron chi connectivity index (χ0n) is 10.6. The van der Waals surface area contributed by atoms with E-state index in [0.717, 1.165) is 32.3 Å². The van der Waals surface area contributed by atoms with Crippen LogP contribution < -0.4 is 0 Å². The third kappa shape index (κ3) is 3.83. The van der Waals surface area contributed by atoms with Crippen molar-refractivity contribution in [3.8, 4) is 0 Å². The van der Waals surface area contributed by atoms with Crippen molar-refractivity contribution in [2.24, 2.45) is 0 Å². The molecule has 0 spiro atoms. The molecule has 1 heterocycles. The fourth-order valence-electron chi connectivity index (χ4n) is 2.45. The third-order valence-corrected chi connectivity index (χ3v) is 3.56. The smallest absolute Gasteiger partial charge is 0.0581 e. The standard InChI is InChI=1S/C15H22O2/c1-12-5-2-3-6-13(12)11-14(16)8-9-15-7-4-10-17-15/h2-3,5-6,14-16H,4,7-11H2,1H3. The maximum atomic E-state index is 10.0. The zero-order valence-corrected chi connectivity index (χ0v) is 10.6. The summed E-state index contributed by atoms with van der Waals surface area (Å²) in [5.41, 5.74) is 2.52. The second kappa shape index (κ2) is 6.18. The van der Waals surface area contributed by atoms with E-state index >= 15 is 0 Å². The maximum absolute atomic E-state index is 10.0. The summed E-state index contributed by atoms with van der Waals surface area (Å²) in [4.78, 5) is 0. The van der Waals surface area contributed by atoms with E-state index in [9.17, 15) is 5.11 Å². The van der Waals surface area contributed by atoms with Gasteiger partial charge in [0.2, 0.25) is 0 Å². The lowest BCUT2D eigenvalue weighted by Crippen LogP contribution is -2.15. The molecule has 2 nitrogen and oxygen atoms in total. The molecular formula is C15H22O2. The lowest BCUT2D eigenvalue weighted by molar-refractivity contribution is 0.0813. The molecule has 2 atom stereocenters. The molecule has 0 aliphatic carbocycles. The van der Waals surface area contributed by atoms with Gasteiger partial charge >= 0.3 is 0 Å². The van der Waals surface area contributed by atoms with Crippen LogP contribution in [0.3, 0.4) is 0 Å². The number of aliphatic hydroxyl groups is 1. The van der Waals surface area contributed by atoms with Crippen LogP contribution in [0.2, 0.25) is 0 Å². The fraction of sp³-hybridized carbons (Fsp3) is 0.600. The Morgan fingerprint density at radius 3 is 2.94 bits per heavy atom. The van der Waals surface area contributed by atoms with Crippen molar-refractivity contribution in [1.82, 2.24) is 0 Å². The largest absolute Gasteiger partial charge is 0.393 e. The number of ether oxygens (including phenoxy) is 1. The van der Waals surface area contributed by atoms with E-state index in [2.05, 4.69) is 19.1 Å². The van der Waals surface area contributed by atoms with Crippen molar-refractivity contribution >= 4 is 0 Å². The molecule has 1 fully saturated rings. The third-order valence-electron chi connectivity index (χ3n) is 3.56. The summed E-state index contributed by atoms with van der Waals surface area (Å²) in [5.74, 6) is 0. The Bertz CT molecular complexity index is 343. The lowest BCUT2D eigenvalue weighted by atomic mass is 9.99. The number of hydrogen-bond acceptors (Lipinski definition) is 2. The highest BCUT2D eigenvalue weighted by Gasteiger charge is 2.17. The molecule has 1 aliphatic heterocycles. The Labute approximate surface area is 104 Å². The first-order valence-electron chi connectivity index (χ1n) is 6.60. The summed E-state index contributed by atoms with van der Waals surface area (Å²) in [6.45, 7) is 3.00. The summed E-state index contributed by atoms with van der Waals surface area (Å²) < 4.78 is 5.57. The molecule has 17 heavy (non-hydrogen) atoms. The SMILES string of the molecule is Cc1ccccc1CC(O)CCC1CCCO1. The van der Waals surface area contributed by atoms with Gasteiger partial charge < -0.3 is 9.84 Å². The molecule has 94 valence electrons. The van der Waals surface area contributed by atoms with E-state index < -0.39 is 0 Å². The number of rotatable bonds is 5. The van der Waals surface area contributed by atoms with Gasteiger partial charge in [-0.3, -0.25) is 0 Å². The molecule has 0 bridgehead atoms. The van der Waals surface area contributed by atoms with Crippen molar-refractivity contribution in [2.75, 3.05) is 6.61 Å². The van der Waals surface area contributed by atoms with Crippen LogP contribution in [0.1, 0.15) is 36.8 Å². The summed E-state index contributed by atoms with van der Waals surface area (Å²) in [7, 11) is 0. The molecule has 0 radical (unpaired) electrons. The van der Waals surface area contributed by atoms with E-state index in [-0.39, 0.29) is 6.10 Å². The first-order chi connectivity index (χ1) is 8.25. The van der Waals surface area contributed by atoms with Crippen LogP contribution in [0.15, 0.2) is 24.3 Å². The van der Waals surface area contributed by atoms with Crippen molar-refractivity contribution in [2.45, 2.75) is 51.2 Å². The average Bonchev–Trinajstić information content (AvgIpc) is 2.82. The molecule has 1 N–H and O–H groups in total. The molecule has 1 aromatic rings. The summed E-state index contributed by atoms with van der Waals surface area (Å²) >= 11 is 0. The van der Waals surface area contributed by atoms with Gasteiger partial charge in [-0.1, -0.05) is 24.3 Å². The lowest BCUT2D eigenvalue weighted by Gasteiger charge is -2.15. The highest BCUT2D eigenvalue weighted by molar-refractivity contribution is 5.26. The summed E-state index contributed by atoms with van der Waals surface area (Å²) in [6.07, 6.45) is 5.10. The van der Waals surface area contributed by atoms with E-state index in [1.54, 1.807) is 0 Å². The normalized spacial score (nSPS) is 21.6. The summed E-state index contributed by atoms with van der Waals surface area (Å²) in [5, 5.41) is 10.0. The monoisotopic (exact) mass is 234 g/mol. The van der Waals surface area contributed by atoms with Crippen LogP contribution in [0, 0.1) is 6.92 Å². The second-order valence-corrected chi connectivity index (χ2v) is 5.00. The van der Waals surface area contributed by atoms with Gasteiger partial charge in [0.15, 0.2) is 0 Å². The average molecular weight is 234 g/mol. The van der Waals surface area contributed by atoms with Crippen LogP contribution in [0.5, 0.6) is 0 Å². The van der Waals surface area contributed by atoms with Gasteiger partial charge in [0, 0.05) is 6.61 Å². The van der Waals surface area contributed by atoms with E-state index in [1.165, 1.54) is 17.5 Å². The number of aryl methyl sites for hydroxylation is 1. The minimum Gasteiger partial charge on any atom is -0.393 e. The van der Waals surface area contributed by atoms with Crippen LogP contribution in [0.4, 0.5) is 0 Å². The van der Waals surface area contributed by atoms with Gasteiger partial charge in [0.25, 0.3) is 0 Å². The van der Waals surface area contributed by atoms with Crippen molar-refractivity contribution < 1.29 is 9.84 Å². The van der Waals surface area contributed by atoms with Gasteiger partial charge in [0.1, 0.15) is 0 Å². The van der Waals surface area contributed by atoms with E-state index in [1.807, 2.05) is 12.1 Å². The highest BCUT2D eigenvalue weighted by Crippen LogP contribution is 2.19. The second-order valence-electron chi connectivity index (χ2n) is 5.00. The first kappa shape index (κ1) is 12.6. The zero-order chi connectivity index (χ0) is 12.1. The highest BCUT2D eigenvalue weighted by atomic mass is 16.5. The Hall–Kier alpha value is -0.860. The van der Waals surface area contributed by atoms with Gasteiger partial charge in [-0.05, 0) is 50.2 Å². The van der Waals surface area contributed by atoms with Gasteiger partial charge in [-0.15, -0.1) is 0 Å². The molecule has 0 saturated carbocycles. The molecule has 1 saturated heterocycles. The Kier molecular flexibility index (Phi) is 4.57. The predicted octanol–water partition coefficient (Wildman–Crippen LogP) is 2.86. The van der Waals surface area contributed by atoms with Crippen LogP contribution in [-0.2, 0) is 11.2 Å². The Morgan fingerprint density at radius 1 is 1.41 bits per heavy atom. The predicted molar refractivity (Wildman–Crippen MR) is 69.1 cm³/mol. The topological polar surface area (TPSA) is 29.5 Å². The number of hydrogen-bond donors (Lipinski definition) is 1. The Balaban J connectivity index is 1.76. The van der Waals surface area contributed by atoms with Crippen molar-refractivity contribution in [3.63, 3.8) is 0 Å². The summed E-state index contributed by atoms with van der Waals surface area (Å²) in [6, 6.07) is 8.28. The van der Waals surface area contributed by atoms with Crippen LogP contribution in [-0.4, -0.2) is 23.9 Å². The Morgan fingerprint density at radius 2 is 2.24 bits per heavy atom. The fourth-order valence-corrected chi connectivity index (χ4v) is 2.45. The molecule has 2 rings (SSSR count). The first-order valence-corrected chi connectivity index (χ1v) is 6.60. The molecule has 1 aliphatic rings. The van der Waals surface area contributed by atoms with Gasteiger partial charge in [-0.2, -0.15) is 0 Å². The molecule has 0 amide bonds. The molecule has 2 heteroatoms. The van der Waals surface area contributed by atoms with Crippen LogP contribution in [0.25, 0.3) is 0 Å². The van der Waals surface area contributed by atoms with E-state index in [4.69, 9.17) is 4.74 Å². The molecule has 0 aromatic heterocycles. The minimum absolute atomic E-state index is 0.236. The molecule has 1 aromatic carbocycles. The van der Waals surface area contributed by atoms with Gasteiger partial charge in [-0.25, -0.2) is 0 Å². The maximum Gasteiger partial charge on any atom is 0.0581 e. The number of benzene rings is 1. The number of aliphatic hydroxyl groups excluding tert-OH is 1. The van der Waals surface area contributed by atoms with Gasteiger partial charge in [0.05, 0.1) is 12.2 Å². The molecular weight excluding hydrogens is 212 g/mol. The molecule has 2 unspecified atom stereocenters. The van der Waals surface area contributed by atoms with E-state index in [0.29, 0.717) is 6.10 Å². The van der Waals surface area contributed by atoms with Crippen LogP contribution >= 0.6 is 0 Å². The van der Waals surface area contributed by atoms with Crippen molar-refractivity contribution in [1.29, 1.82) is 0 Å².